The molecule has 0 radical (unpaired) electrons. The van der Waals surface area contributed by atoms with Crippen molar-refractivity contribution in [1.29, 1.82) is 0 Å². The zero-order chi connectivity index (χ0) is 50.9. The van der Waals surface area contributed by atoms with Crippen molar-refractivity contribution in [3.05, 3.63) is 65.9 Å². The molecule has 4 amide bonds. The van der Waals surface area contributed by atoms with E-state index in [2.05, 4.69) is 84.7 Å². The summed E-state index contributed by atoms with van der Waals surface area (Å²) in [5, 5.41) is 7.80. The van der Waals surface area contributed by atoms with E-state index < -0.39 is 24.3 Å². The summed E-state index contributed by atoms with van der Waals surface area (Å²) in [7, 11) is 2.64. The number of alkyl carbamates (subject to hydrolysis) is 2. The second kappa shape index (κ2) is 19.7. The van der Waals surface area contributed by atoms with Crippen LogP contribution in [0, 0.1) is 23.7 Å². The first-order valence-corrected chi connectivity index (χ1v) is 25.9. The van der Waals surface area contributed by atoms with E-state index in [1.807, 2.05) is 49.8 Å². The van der Waals surface area contributed by atoms with Crippen molar-refractivity contribution in [3.8, 4) is 28.1 Å². The number of methoxy groups -OCH3 is 2. The van der Waals surface area contributed by atoms with Crippen molar-refractivity contribution >= 4 is 45.8 Å². The number of hydrogen-bond acceptors (Lipinski definition) is 11. The third-order valence-electron chi connectivity index (χ3n) is 16.7. The lowest BCUT2D eigenvalue weighted by Gasteiger charge is -2.39. The van der Waals surface area contributed by atoms with Gasteiger partial charge in [0.05, 0.1) is 73.6 Å². The van der Waals surface area contributed by atoms with Gasteiger partial charge in [0.2, 0.25) is 11.8 Å². The number of likely N-dealkylation sites (tertiary alicyclic amines) is 2. The lowest BCUT2D eigenvalue weighted by molar-refractivity contribution is -0.141. The molecular formula is C55H70N8O9. The molecule has 0 saturated carbocycles. The molecule has 7 heterocycles. The van der Waals surface area contributed by atoms with Gasteiger partial charge in [-0.3, -0.25) is 9.59 Å². The van der Waals surface area contributed by atoms with Crippen LogP contribution in [0.2, 0.25) is 0 Å². The maximum atomic E-state index is 14.8. The highest BCUT2D eigenvalue weighted by Crippen LogP contribution is 2.46. The molecule has 3 aromatic carbocycles. The number of benzene rings is 3. The number of aromatic amines is 2. The van der Waals surface area contributed by atoms with Gasteiger partial charge in [-0.25, -0.2) is 19.6 Å². The van der Waals surface area contributed by atoms with Gasteiger partial charge >= 0.3 is 12.2 Å². The fourth-order valence-electron chi connectivity index (χ4n) is 12.8. The van der Waals surface area contributed by atoms with Crippen molar-refractivity contribution in [3.63, 3.8) is 0 Å². The van der Waals surface area contributed by atoms with Crippen molar-refractivity contribution < 1.29 is 42.9 Å². The van der Waals surface area contributed by atoms with E-state index in [-0.39, 0.29) is 84.1 Å². The Kier molecular flexibility index (Phi) is 13.5. The Labute approximate surface area is 420 Å². The van der Waals surface area contributed by atoms with Gasteiger partial charge < -0.3 is 54.1 Å². The zero-order valence-corrected chi connectivity index (χ0v) is 43.1. The van der Waals surface area contributed by atoms with Crippen LogP contribution < -0.4 is 15.4 Å². The van der Waals surface area contributed by atoms with E-state index in [0.29, 0.717) is 43.9 Å². The summed E-state index contributed by atoms with van der Waals surface area (Å²) in [6, 6.07) is 12.4. The molecule has 10 rings (SSSR count). The molecule has 4 fully saturated rings. The van der Waals surface area contributed by atoms with Crippen LogP contribution in [0.3, 0.4) is 0 Å². The smallest absolute Gasteiger partial charge is 0.407 e. The molecule has 5 aromatic rings. The molecule has 0 spiro atoms. The molecular weight excluding hydrogens is 917 g/mol. The third kappa shape index (κ3) is 9.15. The SMILES string of the molecule is COC(=O)N[C@H](C(=O)N1[C@H](c2ncc(-c3ccc4c(c3)COc3cc5c(ccc6nc([C@@H]7C[C@H](C)[C@H](C)N7C(=O)[C@@H](NC(=O)OC)C7C[C@@H](C)O[C@H](C)C7)[nH]c65)cc3-4)[nH]2)C[C@H](C)[C@@H]1C)C1C[C@@H](C)O[C@H](C)C1. The van der Waals surface area contributed by atoms with Crippen LogP contribution in [-0.2, 0) is 35.1 Å². The first-order valence-electron chi connectivity index (χ1n) is 25.9. The molecule has 0 unspecified atom stereocenters. The summed E-state index contributed by atoms with van der Waals surface area (Å²) in [5.74, 6) is 2.08. The number of fused-ring (bicyclic) bond motifs is 6. The fourth-order valence-corrected chi connectivity index (χ4v) is 12.8. The Morgan fingerprint density at radius 2 is 1.22 bits per heavy atom. The van der Waals surface area contributed by atoms with Gasteiger partial charge in [-0.15, -0.1) is 0 Å². The molecule has 17 heteroatoms. The normalized spacial score (nSPS) is 30.0. The quantitative estimate of drug-likeness (QED) is 0.110. The maximum Gasteiger partial charge on any atom is 0.407 e. The van der Waals surface area contributed by atoms with Gasteiger partial charge in [-0.05, 0) is 150 Å². The minimum atomic E-state index is -0.771. The summed E-state index contributed by atoms with van der Waals surface area (Å²) in [6.45, 7) is 16.9. The van der Waals surface area contributed by atoms with Gasteiger partial charge in [0, 0.05) is 23.0 Å². The molecule has 72 heavy (non-hydrogen) atoms. The van der Waals surface area contributed by atoms with E-state index in [9.17, 15) is 19.2 Å². The maximum absolute atomic E-state index is 14.8. The number of carbonyl (C=O) groups excluding carboxylic acids is 4. The molecule has 0 aliphatic carbocycles. The minimum absolute atomic E-state index is 0.0397. The van der Waals surface area contributed by atoms with Crippen LogP contribution in [0.1, 0.15) is 123 Å². The molecule has 5 aliphatic rings. The number of ether oxygens (including phenoxy) is 5. The number of H-pyrrole nitrogens is 2. The Morgan fingerprint density at radius 3 is 1.78 bits per heavy atom. The summed E-state index contributed by atoms with van der Waals surface area (Å²) < 4.78 is 28.6. The van der Waals surface area contributed by atoms with E-state index >= 15 is 0 Å². The topological polar surface area (TPSA) is 202 Å². The molecule has 4 saturated heterocycles. The first kappa shape index (κ1) is 49.4. The van der Waals surface area contributed by atoms with E-state index in [1.54, 1.807) is 0 Å². The number of nitrogens with zero attached hydrogens (tertiary/aromatic N) is 4. The summed E-state index contributed by atoms with van der Waals surface area (Å²) >= 11 is 0. The lowest BCUT2D eigenvalue weighted by Crippen LogP contribution is -2.55. The van der Waals surface area contributed by atoms with Crippen LogP contribution in [0.5, 0.6) is 5.75 Å². The van der Waals surface area contributed by atoms with Gasteiger partial charge in [0.25, 0.3) is 0 Å². The third-order valence-corrected chi connectivity index (χ3v) is 16.7. The first-order chi connectivity index (χ1) is 34.5. The molecule has 5 aliphatic heterocycles. The molecule has 4 N–H and O–H groups in total. The van der Waals surface area contributed by atoms with Crippen LogP contribution in [0.4, 0.5) is 9.59 Å². The second-order valence-electron chi connectivity index (χ2n) is 21.6. The zero-order valence-electron chi connectivity index (χ0n) is 43.1. The van der Waals surface area contributed by atoms with Gasteiger partial charge in [-0.1, -0.05) is 32.0 Å². The second-order valence-corrected chi connectivity index (χ2v) is 21.6. The number of nitrogens with one attached hydrogen (secondary N) is 4. The summed E-state index contributed by atoms with van der Waals surface area (Å²) in [5.41, 5.74) is 6.55. The Morgan fingerprint density at radius 1 is 0.667 bits per heavy atom. The highest BCUT2D eigenvalue weighted by molar-refractivity contribution is 6.07. The molecule has 384 valence electrons. The van der Waals surface area contributed by atoms with Crippen molar-refractivity contribution in [2.45, 2.75) is 161 Å². The molecule has 0 bridgehead atoms. The van der Waals surface area contributed by atoms with Crippen LogP contribution in [0.15, 0.2) is 48.7 Å². The highest BCUT2D eigenvalue weighted by Gasteiger charge is 2.48. The van der Waals surface area contributed by atoms with Crippen LogP contribution in [0.25, 0.3) is 44.2 Å². The predicted octanol–water partition coefficient (Wildman–Crippen LogP) is 9.12. The standard InChI is InChI=1S/C55H70N8O9/c1-26-15-44(62(32(26)7)52(64)47(60-54(66)68-9)36-17-28(3)71-29(4)18-36)50-56-24-43(58-50)35-11-13-39-38(21-35)25-70-46-23-40-34(22-41(39)46)12-14-42-49(40)59-51(57-42)45-16-27(2)33(8)63(45)53(65)48(61-55(67)69-10)37-19-30(5)72-31(6)20-37/h11-14,21-24,26-33,36-37,44-45,47-48H,15-20,25H2,1-10H3,(H,56,58)(H,57,59)(H,60,66)(H,61,67)/t26-,27-,28+,29+,30+,31+,32-,33-,44-,45-,47-,48-/m0/s1. The number of imidazole rings is 2. The number of carbonyl (C=O) groups is 4. The van der Waals surface area contributed by atoms with Gasteiger partial charge in [0.1, 0.15) is 36.1 Å². The molecule has 12 atom stereocenters. The Bertz CT molecular complexity index is 2860. The van der Waals surface area contributed by atoms with Gasteiger partial charge in [-0.2, -0.15) is 0 Å². The Balaban J connectivity index is 0.905. The molecule has 17 nitrogen and oxygen atoms in total. The van der Waals surface area contributed by atoms with Crippen LogP contribution in [-0.4, -0.2) is 117 Å². The van der Waals surface area contributed by atoms with Crippen molar-refractivity contribution in [2.24, 2.45) is 23.7 Å². The average molecular weight is 987 g/mol. The van der Waals surface area contributed by atoms with Crippen molar-refractivity contribution in [2.75, 3.05) is 14.2 Å². The highest BCUT2D eigenvalue weighted by atomic mass is 16.5. The van der Waals surface area contributed by atoms with E-state index in [1.165, 1.54) is 14.2 Å². The Hall–Kier alpha value is -6.20. The summed E-state index contributed by atoms with van der Waals surface area (Å²) in [4.78, 5) is 76.0. The fraction of sp³-hybridized carbons (Fsp3) is 0.564. The largest absolute Gasteiger partial charge is 0.488 e. The van der Waals surface area contributed by atoms with Gasteiger partial charge in [0.15, 0.2) is 0 Å². The number of rotatable bonds is 9. The van der Waals surface area contributed by atoms with E-state index in [4.69, 9.17) is 33.7 Å². The number of hydrogen-bond donors (Lipinski definition) is 4. The minimum Gasteiger partial charge on any atom is -0.488 e. The predicted molar refractivity (Wildman–Crippen MR) is 271 cm³/mol. The number of amides is 4. The van der Waals surface area contributed by atoms with Crippen LogP contribution >= 0.6 is 0 Å². The summed E-state index contributed by atoms with van der Waals surface area (Å²) in [6.07, 6.45) is 4.45. The van der Waals surface area contributed by atoms with E-state index in [0.717, 1.165) is 68.3 Å². The number of aromatic nitrogens is 4. The lowest BCUT2D eigenvalue weighted by atomic mass is 9.85. The average Bonchev–Trinajstić information content (AvgIpc) is 4.15. The molecule has 2 aromatic heterocycles. The van der Waals surface area contributed by atoms with Crippen molar-refractivity contribution in [1.82, 2.24) is 40.4 Å². The monoisotopic (exact) mass is 987 g/mol.